The fraction of sp³-hybridized carbons (Fsp3) is 0.600. The van der Waals surface area contributed by atoms with E-state index in [1.165, 1.54) is 29.3 Å². The zero-order valence-electron chi connectivity index (χ0n) is 14.5. The third-order valence-corrected chi connectivity index (χ3v) is 5.91. The van der Waals surface area contributed by atoms with Crippen LogP contribution < -0.4 is 5.32 Å². The van der Waals surface area contributed by atoms with Crippen molar-refractivity contribution in [2.45, 2.75) is 57.6 Å². The first-order chi connectivity index (χ1) is 11.0. The molecule has 2 bridgehead atoms. The number of rotatable bonds is 6. The van der Waals surface area contributed by atoms with Gasteiger partial charge in [-0.05, 0) is 43.2 Å². The van der Waals surface area contributed by atoms with Crippen LogP contribution in [0.1, 0.15) is 45.6 Å². The smallest absolute Gasteiger partial charge is 0.0588 e. The summed E-state index contributed by atoms with van der Waals surface area (Å²) < 4.78 is 5.73. The average molecular weight is 312 g/mol. The number of hydrogen-bond donors (Lipinski definition) is 2. The van der Waals surface area contributed by atoms with Crippen molar-refractivity contribution in [2.24, 2.45) is 5.41 Å². The monoisotopic (exact) mass is 312 g/mol. The van der Waals surface area contributed by atoms with Gasteiger partial charge in [0, 0.05) is 35.1 Å². The Morgan fingerprint density at radius 1 is 1.35 bits per heavy atom. The Kier molecular flexibility index (Phi) is 3.54. The predicted octanol–water partition coefficient (Wildman–Crippen LogP) is 3.99. The van der Waals surface area contributed by atoms with Crippen LogP contribution in [0.4, 0.5) is 0 Å². The maximum atomic E-state index is 5.73. The minimum Gasteiger partial charge on any atom is -0.378 e. The molecule has 1 aromatic carbocycles. The lowest BCUT2D eigenvalue weighted by molar-refractivity contribution is 0.110. The van der Waals surface area contributed by atoms with Gasteiger partial charge in [-0.1, -0.05) is 32.0 Å². The summed E-state index contributed by atoms with van der Waals surface area (Å²) in [7, 11) is 0. The fourth-order valence-electron chi connectivity index (χ4n) is 4.60. The van der Waals surface area contributed by atoms with Crippen LogP contribution in [0.5, 0.6) is 0 Å². The van der Waals surface area contributed by atoms with Gasteiger partial charge in [0.25, 0.3) is 0 Å². The van der Waals surface area contributed by atoms with E-state index >= 15 is 0 Å². The van der Waals surface area contributed by atoms with Crippen LogP contribution in [0.25, 0.3) is 10.9 Å². The summed E-state index contributed by atoms with van der Waals surface area (Å²) in [5, 5.41) is 5.13. The number of benzene rings is 1. The lowest BCUT2D eigenvalue weighted by Gasteiger charge is -2.37. The van der Waals surface area contributed by atoms with Crippen LogP contribution >= 0.6 is 0 Å². The molecule has 3 heterocycles. The van der Waals surface area contributed by atoms with E-state index in [-0.39, 0.29) is 5.41 Å². The third kappa shape index (κ3) is 2.70. The Labute approximate surface area is 138 Å². The van der Waals surface area contributed by atoms with Gasteiger partial charge in [0.2, 0.25) is 0 Å². The van der Waals surface area contributed by atoms with E-state index in [9.17, 15) is 0 Å². The minimum atomic E-state index is 0.151. The zero-order valence-corrected chi connectivity index (χ0v) is 14.5. The van der Waals surface area contributed by atoms with Crippen molar-refractivity contribution >= 4 is 10.9 Å². The maximum absolute atomic E-state index is 5.73. The summed E-state index contributed by atoms with van der Waals surface area (Å²) >= 11 is 0. The molecule has 2 aromatic rings. The first kappa shape index (κ1) is 15.2. The Balaban J connectivity index is 1.42. The summed E-state index contributed by atoms with van der Waals surface area (Å²) in [5.41, 5.74) is 3.26. The molecular weight excluding hydrogens is 284 g/mol. The number of ether oxygens (including phenoxy) is 1. The molecule has 1 aliphatic carbocycles. The number of H-pyrrole nitrogens is 1. The largest absolute Gasteiger partial charge is 0.378 e. The summed E-state index contributed by atoms with van der Waals surface area (Å²) in [5.74, 6) is 0. The molecule has 2 aliphatic heterocycles. The first-order valence-electron chi connectivity index (χ1n) is 8.89. The van der Waals surface area contributed by atoms with Gasteiger partial charge in [-0.25, -0.2) is 0 Å². The Morgan fingerprint density at radius 3 is 2.87 bits per heavy atom. The van der Waals surface area contributed by atoms with Crippen molar-refractivity contribution in [1.82, 2.24) is 10.3 Å². The average Bonchev–Trinajstić information content (AvgIpc) is 3.18. The molecule has 2 N–H and O–H groups in total. The number of nitrogens with one attached hydrogen (secondary N) is 2. The normalized spacial score (nSPS) is 28.0. The SMILES string of the molecule is CC(CC(C)(C)c1c[nH]c2ccccc12)NCC12COC(C1)C2. The topological polar surface area (TPSA) is 37.0 Å². The zero-order chi connectivity index (χ0) is 16.1. The number of aromatic nitrogens is 1. The summed E-state index contributed by atoms with van der Waals surface area (Å²) in [6.45, 7) is 9.10. The van der Waals surface area contributed by atoms with E-state index in [1.54, 1.807) is 0 Å². The molecule has 3 nitrogen and oxygen atoms in total. The van der Waals surface area contributed by atoms with Crippen molar-refractivity contribution in [2.75, 3.05) is 13.2 Å². The molecule has 3 aliphatic rings. The molecule has 124 valence electrons. The highest BCUT2D eigenvalue weighted by Crippen LogP contribution is 2.49. The van der Waals surface area contributed by atoms with Crippen LogP contribution in [-0.4, -0.2) is 30.3 Å². The van der Waals surface area contributed by atoms with Crippen molar-refractivity contribution in [3.63, 3.8) is 0 Å². The van der Waals surface area contributed by atoms with Gasteiger partial charge in [0.05, 0.1) is 12.7 Å². The fourth-order valence-corrected chi connectivity index (χ4v) is 4.60. The van der Waals surface area contributed by atoms with Gasteiger partial charge in [-0.15, -0.1) is 0 Å². The molecule has 3 heteroatoms. The molecule has 5 rings (SSSR count). The van der Waals surface area contributed by atoms with Crippen molar-refractivity contribution < 1.29 is 4.74 Å². The summed E-state index contributed by atoms with van der Waals surface area (Å²) in [4.78, 5) is 3.42. The highest BCUT2D eigenvalue weighted by Gasteiger charge is 2.51. The van der Waals surface area contributed by atoms with Crippen LogP contribution in [0.15, 0.2) is 30.5 Å². The second kappa shape index (κ2) is 5.35. The van der Waals surface area contributed by atoms with Gasteiger partial charge in [0.1, 0.15) is 0 Å². The molecule has 1 unspecified atom stereocenters. The molecule has 1 atom stereocenters. The Bertz CT molecular complexity index is 691. The van der Waals surface area contributed by atoms with E-state index < -0.39 is 0 Å². The van der Waals surface area contributed by atoms with E-state index in [0.29, 0.717) is 17.6 Å². The Hall–Kier alpha value is -1.32. The second-order valence-electron chi connectivity index (χ2n) is 8.46. The van der Waals surface area contributed by atoms with Crippen molar-refractivity contribution in [1.29, 1.82) is 0 Å². The van der Waals surface area contributed by atoms with Gasteiger partial charge in [0.15, 0.2) is 0 Å². The van der Waals surface area contributed by atoms with E-state index in [4.69, 9.17) is 4.74 Å². The van der Waals surface area contributed by atoms with E-state index in [1.807, 2.05) is 0 Å². The van der Waals surface area contributed by atoms with E-state index in [0.717, 1.165) is 19.6 Å². The number of hydrogen-bond acceptors (Lipinski definition) is 2. The number of para-hydroxylation sites is 1. The van der Waals surface area contributed by atoms with Crippen LogP contribution in [0, 0.1) is 5.41 Å². The van der Waals surface area contributed by atoms with Crippen LogP contribution in [0.2, 0.25) is 0 Å². The van der Waals surface area contributed by atoms with Gasteiger partial charge in [-0.3, -0.25) is 0 Å². The minimum absolute atomic E-state index is 0.151. The molecule has 0 amide bonds. The number of fused-ring (bicyclic) bond motifs is 2. The van der Waals surface area contributed by atoms with E-state index in [2.05, 4.69) is 61.5 Å². The van der Waals surface area contributed by atoms with Gasteiger partial charge in [-0.2, -0.15) is 0 Å². The molecule has 0 spiro atoms. The summed E-state index contributed by atoms with van der Waals surface area (Å²) in [6.07, 6.45) is 6.42. The molecule has 1 saturated carbocycles. The third-order valence-electron chi connectivity index (χ3n) is 5.91. The number of aromatic amines is 1. The van der Waals surface area contributed by atoms with Gasteiger partial charge < -0.3 is 15.0 Å². The standard InChI is InChI=1S/C20H28N2O/c1-14(22-12-20-9-15(10-20)23-13-20)8-19(2,3)17-11-21-18-7-5-4-6-16(17)18/h4-7,11,14-15,21-22H,8-10,12-13H2,1-3H3. The molecule has 2 saturated heterocycles. The second-order valence-corrected chi connectivity index (χ2v) is 8.46. The van der Waals surface area contributed by atoms with Crippen LogP contribution in [-0.2, 0) is 10.2 Å². The predicted molar refractivity (Wildman–Crippen MR) is 94.8 cm³/mol. The molecule has 1 aromatic heterocycles. The van der Waals surface area contributed by atoms with Crippen molar-refractivity contribution in [3.05, 3.63) is 36.0 Å². The van der Waals surface area contributed by atoms with Crippen molar-refractivity contribution in [3.8, 4) is 0 Å². The lowest BCUT2D eigenvalue weighted by Crippen LogP contribution is -2.45. The highest BCUT2D eigenvalue weighted by molar-refractivity contribution is 5.84. The highest BCUT2D eigenvalue weighted by atomic mass is 16.5. The quantitative estimate of drug-likeness (QED) is 0.846. The first-order valence-corrected chi connectivity index (χ1v) is 8.89. The molecule has 0 radical (unpaired) electrons. The molecular formula is C20H28N2O. The molecule has 3 fully saturated rings. The lowest BCUT2D eigenvalue weighted by atomic mass is 9.70. The Morgan fingerprint density at radius 2 is 2.13 bits per heavy atom. The summed E-state index contributed by atoms with van der Waals surface area (Å²) in [6, 6.07) is 9.11. The molecule has 23 heavy (non-hydrogen) atoms. The maximum Gasteiger partial charge on any atom is 0.0588 e. The van der Waals surface area contributed by atoms with Gasteiger partial charge >= 0.3 is 0 Å². The van der Waals surface area contributed by atoms with Crippen LogP contribution in [0.3, 0.4) is 0 Å².